The summed E-state index contributed by atoms with van der Waals surface area (Å²) in [5.41, 5.74) is -3.34. The molecular formula is C21H19F7N2O4. The summed E-state index contributed by atoms with van der Waals surface area (Å²) < 4.78 is 105. The maximum atomic E-state index is 14.4. The number of pyridine rings is 1. The second-order valence-corrected chi connectivity index (χ2v) is 7.80. The standard InChI is InChI=1S/C21H19F7N2O4/c1-9-14(12-3-4-13(22)15(23)16(12)33-19(24)25)17(34-20(9,2)21(26,27)28)18(32)30-10-5-6-29-11(7-10)8-31/h3-7,9,14,17,19,31H,8H2,1-2H3,(H,29,30,32)/t9-,14-,17+,20+/m0/s1. The van der Waals surface area contributed by atoms with Crippen molar-refractivity contribution in [2.45, 2.75) is 50.9 Å². The molecule has 3 rings (SSSR count). The van der Waals surface area contributed by atoms with Gasteiger partial charge in [0.05, 0.1) is 12.3 Å². The highest BCUT2D eigenvalue weighted by Crippen LogP contribution is 2.55. The number of rotatable bonds is 6. The Morgan fingerprint density at radius 3 is 2.56 bits per heavy atom. The molecule has 0 unspecified atom stereocenters. The van der Waals surface area contributed by atoms with Crippen LogP contribution in [0.5, 0.6) is 5.75 Å². The number of amides is 1. The lowest BCUT2D eigenvalue weighted by Gasteiger charge is -2.32. The second-order valence-electron chi connectivity index (χ2n) is 7.80. The fourth-order valence-electron chi connectivity index (χ4n) is 3.90. The highest BCUT2D eigenvalue weighted by Gasteiger charge is 2.66. The summed E-state index contributed by atoms with van der Waals surface area (Å²) in [5.74, 6) is -9.11. The molecule has 13 heteroatoms. The first-order valence-corrected chi connectivity index (χ1v) is 9.84. The van der Waals surface area contributed by atoms with Crippen LogP contribution in [0.25, 0.3) is 0 Å². The van der Waals surface area contributed by atoms with Gasteiger partial charge in [0.1, 0.15) is 6.10 Å². The van der Waals surface area contributed by atoms with Gasteiger partial charge in [0.25, 0.3) is 5.91 Å². The molecule has 34 heavy (non-hydrogen) atoms. The normalized spacial score (nSPS) is 25.0. The van der Waals surface area contributed by atoms with Gasteiger partial charge in [0, 0.05) is 29.3 Å². The van der Waals surface area contributed by atoms with Crippen molar-refractivity contribution in [3.63, 3.8) is 0 Å². The zero-order valence-electron chi connectivity index (χ0n) is 17.7. The van der Waals surface area contributed by atoms with Gasteiger partial charge in [-0.15, -0.1) is 0 Å². The number of anilines is 1. The average Bonchev–Trinajstić information content (AvgIpc) is 3.04. The number of aliphatic hydroxyl groups is 1. The maximum absolute atomic E-state index is 14.4. The molecule has 1 aromatic heterocycles. The first kappa shape index (κ1) is 25.7. The number of aliphatic hydroxyl groups excluding tert-OH is 1. The number of ether oxygens (including phenoxy) is 2. The zero-order valence-corrected chi connectivity index (χ0v) is 17.7. The van der Waals surface area contributed by atoms with Crippen LogP contribution in [0.3, 0.4) is 0 Å². The Kier molecular flexibility index (Phi) is 7.08. The predicted molar refractivity (Wildman–Crippen MR) is 103 cm³/mol. The summed E-state index contributed by atoms with van der Waals surface area (Å²) in [5, 5.41) is 11.5. The Labute approximate surface area is 188 Å². The molecule has 0 spiro atoms. The van der Waals surface area contributed by atoms with Crippen LogP contribution in [0, 0.1) is 17.6 Å². The molecule has 1 fully saturated rings. The number of hydrogen-bond donors (Lipinski definition) is 2. The molecule has 6 nitrogen and oxygen atoms in total. The van der Waals surface area contributed by atoms with Crippen molar-refractivity contribution in [1.82, 2.24) is 4.98 Å². The van der Waals surface area contributed by atoms with E-state index in [4.69, 9.17) is 4.74 Å². The molecule has 0 radical (unpaired) electrons. The summed E-state index contributed by atoms with van der Waals surface area (Å²) in [4.78, 5) is 16.8. The lowest BCUT2D eigenvalue weighted by Crippen LogP contribution is -2.47. The lowest BCUT2D eigenvalue weighted by molar-refractivity contribution is -0.272. The van der Waals surface area contributed by atoms with Crippen molar-refractivity contribution in [2.24, 2.45) is 5.92 Å². The van der Waals surface area contributed by atoms with Crippen molar-refractivity contribution in [3.8, 4) is 5.75 Å². The van der Waals surface area contributed by atoms with Gasteiger partial charge in [-0.2, -0.15) is 26.3 Å². The van der Waals surface area contributed by atoms with E-state index < -0.39 is 71.8 Å². The fraction of sp³-hybridized carbons (Fsp3) is 0.429. The molecule has 0 aliphatic carbocycles. The smallest absolute Gasteiger partial charge is 0.417 e. The van der Waals surface area contributed by atoms with Crippen LogP contribution < -0.4 is 10.1 Å². The third kappa shape index (κ3) is 4.67. The van der Waals surface area contributed by atoms with Crippen molar-refractivity contribution in [1.29, 1.82) is 0 Å². The molecule has 1 amide bonds. The van der Waals surface area contributed by atoms with Crippen LogP contribution in [0.4, 0.5) is 36.4 Å². The number of halogens is 7. The van der Waals surface area contributed by atoms with E-state index in [0.29, 0.717) is 13.0 Å². The summed E-state index contributed by atoms with van der Waals surface area (Å²) in [6.07, 6.45) is -5.75. The summed E-state index contributed by atoms with van der Waals surface area (Å²) in [6.45, 7) is -2.39. The Hall–Kier alpha value is -2.93. The number of hydrogen-bond acceptors (Lipinski definition) is 5. The van der Waals surface area contributed by atoms with Crippen LogP contribution in [-0.4, -0.2) is 40.5 Å². The first-order chi connectivity index (χ1) is 15.8. The molecule has 1 aromatic carbocycles. The maximum Gasteiger partial charge on any atom is 0.417 e. The van der Waals surface area contributed by atoms with E-state index in [2.05, 4.69) is 15.0 Å². The van der Waals surface area contributed by atoms with E-state index in [1.807, 2.05) is 0 Å². The summed E-state index contributed by atoms with van der Waals surface area (Å²) in [7, 11) is 0. The van der Waals surface area contributed by atoms with Crippen LogP contribution in [-0.2, 0) is 16.1 Å². The number of benzene rings is 1. The number of nitrogens with zero attached hydrogens (tertiary/aromatic N) is 1. The van der Waals surface area contributed by atoms with E-state index in [9.17, 15) is 40.6 Å². The van der Waals surface area contributed by atoms with Crippen molar-refractivity contribution in [3.05, 3.63) is 53.4 Å². The van der Waals surface area contributed by atoms with Gasteiger partial charge in [0.2, 0.25) is 5.82 Å². The molecule has 186 valence electrons. The minimum Gasteiger partial charge on any atom is -0.431 e. The van der Waals surface area contributed by atoms with Gasteiger partial charge in [-0.25, -0.2) is 4.39 Å². The number of carbonyl (C=O) groups is 1. The van der Waals surface area contributed by atoms with Crippen molar-refractivity contribution < 1.29 is 50.1 Å². The van der Waals surface area contributed by atoms with Gasteiger partial charge in [0.15, 0.2) is 17.2 Å². The van der Waals surface area contributed by atoms with Gasteiger partial charge in [-0.1, -0.05) is 13.0 Å². The molecule has 0 bridgehead atoms. The van der Waals surface area contributed by atoms with Crippen molar-refractivity contribution >= 4 is 11.6 Å². The van der Waals surface area contributed by atoms with Gasteiger partial charge in [-0.3, -0.25) is 9.78 Å². The predicted octanol–water partition coefficient (Wildman–Crippen LogP) is 4.53. The monoisotopic (exact) mass is 496 g/mol. The quantitative estimate of drug-likeness (QED) is 0.575. The number of carbonyl (C=O) groups excluding carboxylic acids is 1. The number of nitrogens with one attached hydrogen (secondary N) is 1. The van der Waals surface area contributed by atoms with Gasteiger partial charge >= 0.3 is 12.8 Å². The van der Waals surface area contributed by atoms with E-state index in [1.54, 1.807) is 0 Å². The molecule has 2 N–H and O–H groups in total. The zero-order chi connectivity index (χ0) is 25.4. The molecule has 0 saturated carbocycles. The molecule has 1 aliphatic rings. The van der Waals surface area contributed by atoms with Crippen LogP contribution in [0.1, 0.15) is 31.0 Å². The lowest BCUT2D eigenvalue weighted by atomic mass is 9.77. The SMILES string of the molecule is C[C@H]1[C@@H](c2ccc(F)c(F)c2OC(F)F)[C@H](C(=O)Nc2ccnc(CO)c2)O[C@@]1(C)C(F)(F)F. The minimum absolute atomic E-state index is 0.0500. The number of alkyl halides is 5. The highest BCUT2D eigenvalue weighted by atomic mass is 19.4. The van der Waals surface area contributed by atoms with Crippen molar-refractivity contribution in [2.75, 3.05) is 5.32 Å². The van der Waals surface area contributed by atoms with E-state index in [-0.39, 0.29) is 11.4 Å². The summed E-state index contributed by atoms with van der Waals surface area (Å²) in [6, 6.07) is 3.84. The average molecular weight is 496 g/mol. The van der Waals surface area contributed by atoms with Gasteiger partial charge in [-0.05, 0) is 25.1 Å². The summed E-state index contributed by atoms with van der Waals surface area (Å²) >= 11 is 0. The van der Waals surface area contributed by atoms with E-state index in [0.717, 1.165) is 13.0 Å². The Morgan fingerprint density at radius 2 is 1.97 bits per heavy atom. The topological polar surface area (TPSA) is 80.7 Å². The van der Waals surface area contributed by atoms with Crippen LogP contribution in [0.15, 0.2) is 30.5 Å². The molecule has 2 aromatic rings. The molecule has 2 heterocycles. The third-order valence-electron chi connectivity index (χ3n) is 5.82. The largest absolute Gasteiger partial charge is 0.431 e. The fourth-order valence-corrected chi connectivity index (χ4v) is 3.90. The third-order valence-corrected chi connectivity index (χ3v) is 5.82. The Bertz CT molecular complexity index is 1070. The molecule has 1 aliphatic heterocycles. The van der Waals surface area contributed by atoms with E-state index >= 15 is 0 Å². The molecule has 1 saturated heterocycles. The van der Waals surface area contributed by atoms with Crippen LogP contribution in [0.2, 0.25) is 0 Å². The minimum atomic E-state index is -5.01. The second kappa shape index (κ2) is 9.37. The Morgan fingerprint density at radius 1 is 1.29 bits per heavy atom. The molecular weight excluding hydrogens is 477 g/mol. The van der Waals surface area contributed by atoms with Gasteiger partial charge < -0.3 is 19.9 Å². The molecule has 4 atom stereocenters. The highest BCUT2D eigenvalue weighted by molar-refractivity contribution is 5.95. The number of aromatic nitrogens is 1. The van der Waals surface area contributed by atoms with E-state index in [1.165, 1.54) is 18.3 Å². The van der Waals surface area contributed by atoms with Crippen LogP contribution >= 0.6 is 0 Å². The first-order valence-electron chi connectivity index (χ1n) is 9.84. The Balaban J connectivity index is 2.10.